The fourth-order valence-corrected chi connectivity index (χ4v) is 4.16. The molecule has 0 aliphatic heterocycles. The van der Waals surface area contributed by atoms with Crippen LogP contribution in [-0.2, 0) is 16.0 Å². The Morgan fingerprint density at radius 1 is 1.09 bits per heavy atom. The van der Waals surface area contributed by atoms with Crippen LogP contribution in [0, 0.1) is 6.92 Å². The van der Waals surface area contributed by atoms with Crippen LogP contribution in [0.5, 0.6) is 0 Å². The molecule has 22 heavy (non-hydrogen) atoms. The summed E-state index contributed by atoms with van der Waals surface area (Å²) < 4.78 is 63.5. The van der Waals surface area contributed by atoms with E-state index in [9.17, 15) is 21.6 Å². The van der Waals surface area contributed by atoms with E-state index in [0.717, 1.165) is 5.56 Å². The molecule has 0 saturated carbocycles. The van der Waals surface area contributed by atoms with Crippen LogP contribution >= 0.6 is 23.2 Å². The Kier molecular flexibility index (Phi) is 4.43. The lowest BCUT2D eigenvalue weighted by Crippen LogP contribution is -2.13. The standard InChI is InChI=1S/C13H8Cl2F3NO2S/c1-7-2-4-8(5-3-7)22(20,21)11-9(14)6-19-12(10(11)15)13(16,17)18/h2-6H,1H3. The summed E-state index contributed by atoms with van der Waals surface area (Å²) in [5, 5.41) is -1.51. The zero-order valence-corrected chi connectivity index (χ0v) is 13.3. The van der Waals surface area contributed by atoms with Crippen molar-refractivity contribution in [3.63, 3.8) is 0 Å². The smallest absolute Gasteiger partial charge is 0.249 e. The Hall–Kier alpha value is -1.31. The van der Waals surface area contributed by atoms with Crippen molar-refractivity contribution in [2.75, 3.05) is 0 Å². The lowest BCUT2D eigenvalue weighted by molar-refractivity contribution is -0.141. The van der Waals surface area contributed by atoms with Crippen molar-refractivity contribution in [2.24, 2.45) is 0 Å². The molecule has 0 atom stereocenters. The van der Waals surface area contributed by atoms with Crippen LogP contribution in [0.3, 0.4) is 0 Å². The number of aryl methyl sites for hydroxylation is 1. The first-order valence-corrected chi connectivity index (χ1v) is 8.02. The van der Waals surface area contributed by atoms with Gasteiger partial charge in [-0.3, -0.25) is 0 Å². The Balaban J connectivity index is 2.73. The second kappa shape index (κ2) is 5.72. The number of pyridine rings is 1. The summed E-state index contributed by atoms with van der Waals surface area (Å²) in [5.74, 6) is 0. The van der Waals surface area contributed by atoms with Crippen molar-refractivity contribution in [1.82, 2.24) is 4.98 Å². The molecule has 0 saturated heterocycles. The molecule has 1 heterocycles. The summed E-state index contributed by atoms with van der Waals surface area (Å²) in [6.45, 7) is 1.74. The van der Waals surface area contributed by atoms with Gasteiger partial charge < -0.3 is 0 Å². The minimum absolute atomic E-state index is 0.207. The van der Waals surface area contributed by atoms with Gasteiger partial charge in [-0.1, -0.05) is 40.9 Å². The second-order valence-corrected chi connectivity index (χ2v) is 7.08. The summed E-state index contributed by atoms with van der Waals surface area (Å²) in [6, 6.07) is 5.57. The summed E-state index contributed by atoms with van der Waals surface area (Å²) in [5.41, 5.74) is -0.703. The number of aromatic nitrogens is 1. The maximum absolute atomic E-state index is 12.8. The van der Waals surface area contributed by atoms with Crippen LogP contribution in [0.15, 0.2) is 40.3 Å². The summed E-state index contributed by atoms with van der Waals surface area (Å²) in [7, 11) is -4.30. The average Bonchev–Trinajstić information content (AvgIpc) is 2.37. The quantitative estimate of drug-likeness (QED) is 0.779. The number of alkyl halides is 3. The highest BCUT2D eigenvalue weighted by atomic mass is 35.5. The van der Waals surface area contributed by atoms with Crippen LogP contribution < -0.4 is 0 Å². The molecule has 2 aromatic rings. The maximum atomic E-state index is 12.8. The van der Waals surface area contributed by atoms with E-state index < -0.39 is 36.6 Å². The fourth-order valence-electron chi connectivity index (χ4n) is 1.73. The molecule has 2 rings (SSSR count). The minimum atomic E-state index is -4.89. The van der Waals surface area contributed by atoms with Gasteiger partial charge in [0.25, 0.3) is 0 Å². The topological polar surface area (TPSA) is 47.0 Å². The highest BCUT2D eigenvalue weighted by Crippen LogP contribution is 2.40. The van der Waals surface area contributed by atoms with Crippen LogP contribution in [-0.4, -0.2) is 13.4 Å². The Bertz CT molecular complexity index is 818. The molecule has 0 radical (unpaired) electrons. The molecule has 0 unspecified atom stereocenters. The summed E-state index contributed by atoms with van der Waals surface area (Å²) in [6.07, 6.45) is -4.27. The van der Waals surface area contributed by atoms with Crippen molar-refractivity contribution in [3.8, 4) is 0 Å². The predicted molar refractivity (Wildman–Crippen MR) is 75.9 cm³/mol. The van der Waals surface area contributed by atoms with E-state index in [0.29, 0.717) is 6.20 Å². The Labute approximate surface area is 134 Å². The molecule has 0 aliphatic rings. The lowest BCUT2D eigenvalue weighted by Gasteiger charge is -2.13. The van der Waals surface area contributed by atoms with Crippen molar-refractivity contribution in [2.45, 2.75) is 22.9 Å². The van der Waals surface area contributed by atoms with Crippen LogP contribution in [0.25, 0.3) is 0 Å². The third kappa shape index (κ3) is 3.06. The molecule has 3 nitrogen and oxygen atoms in total. The van der Waals surface area contributed by atoms with Gasteiger partial charge >= 0.3 is 6.18 Å². The number of halogens is 5. The maximum Gasteiger partial charge on any atom is 0.434 e. The number of sulfone groups is 1. The molecule has 9 heteroatoms. The van der Waals surface area contributed by atoms with E-state index in [1.54, 1.807) is 6.92 Å². The van der Waals surface area contributed by atoms with Gasteiger partial charge in [0.2, 0.25) is 9.84 Å². The molecule has 0 spiro atoms. The van der Waals surface area contributed by atoms with Gasteiger partial charge in [0.05, 0.1) is 14.9 Å². The van der Waals surface area contributed by atoms with E-state index >= 15 is 0 Å². The highest BCUT2D eigenvalue weighted by Gasteiger charge is 2.39. The molecule has 0 fully saturated rings. The molecule has 0 aliphatic carbocycles. The van der Waals surface area contributed by atoms with Crippen LogP contribution in [0.1, 0.15) is 11.3 Å². The molecule has 0 bridgehead atoms. The SMILES string of the molecule is Cc1ccc(S(=O)(=O)c2c(Cl)cnc(C(F)(F)F)c2Cl)cc1. The molecule has 1 aromatic carbocycles. The highest BCUT2D eigenvalue weighted by molar-refractivity contribution is 7.91. The van der Waals surface area contributed by atoms with Gasteiger partial charge in [0, 0.05) is 6.20 Å². The lowest BCUT2D eigenvalue weighted by atomic mass is 10.2. The molecular weight excluding hydrogens is 362 g/mol. The molecule has 0 N–H and O–H groups in total. The van der Waals surface area contributed by atoms with Crippen molar-refractivity contribution >= 4 is 33.0 Å². The normalized spacial score (nSPS) is 12.5. The van der Waals surface area contributed by atoms with Crippen molar-refractivity contribution in [3.05, 3.63) is 51.8 Å². The van der Waals surface area contributed by atoms with E-state index in [1.807, 2.05) is 0 Å². The van der Waals surface area contributed by atoms with Gasteiger partial charge in [0.1, 0.15) is 4.90 Å². The van der Waals surface area contributed by atoms with Gasteiger partial charge in [-0.15, -0.1) is 0 Å². The van der Waals surface area contributed by atoms with E-state index in [-0.39, 0.29) is 4.90 Å². The zero-order valence-electron chi connectivity index (χ0n) is 10.9. The minimum Gasteiger partial charge on any atom is -0.249 e. The third-order valence-electron chi connectivity index (χ3n) is 2.80. The van der Waals surface area contributed by atoms with E-state index in [4.69, 9.17) is 23.2 Å². The first-order chi connectivity index (χ1) is 10.0. The van der Waals surface area contributed by atoms with Crippen molar-refractivity contribution in [1.29, 1.82) is 0 Å². The molecule has 0 amide bonds. The van der Waals surface area contributed by atoms with Gasteiger partial charge in [0.15, 0.2) is 5.69 Å². The number of rotatable bonds is 2. The Morgan fingerprint density at radius 2 is 1.64 bits per heavy atom. The largest absolute Gasteiger partial charge is 0.434 e. The number of nitrogens with zero attached hydrogens (tertiary/aromatic N) is 1. The van der Waals surface area contributed by atoms with Crippen molar-refractivity contribution < 1.29 is 21.6 Å². The third-order valence-corrected chi connectivity index (χ3v) is 5.53. The van der Waals surface area contributed by atoms with Crippen LogP contribution in [0.2, 0.25) is 10.0 Å². The van der Waals surface area contributed by atoms with Gasteiger partial charge in [-0.05, 0) is 19.1 Å². The van der Waals surface area contributed by atoms with E-state index in [1.165, 1.54) is 24.3 Å². The van der Waals surface area contributed by atoms with Gasteiger partial charge in [-0.25, -0.2) is 13.4 Å². The fraction of sp³-hybridized carbons (Fsp3) is 0.154. The van der Waals surface area contributed by atoms with E-state index in [2.05, 4.69) is 4.98 Å². The Morgan fingerprint density at radius 3 is 2.14 bits per heavy atom. The monoisotopic (exact) mass is 369 g/mol. The second-order valence-electron chi connectivity index (χ2n) is 4.41. The first-order valence-electron chi connectivity index (χ1n) is 5.78. The number of hydrogen-bond acceptors (Lipinski definition) is 3. The average molecular weight is 370 g/mol. The van der Waals surface area contributed by atoms with Crippen LogP contribution in [0.4, 0.5) is 13.2 Å². The number of benzene rings is 1. The predicted octanol–water partition coefficient (Wildman–Crippen LogP) is 4.55. The number of hydrogen-bond donors (Lipinski definition) is 0. The summed E-state index contributed by atoms with van der Waals surface area (Å²) >= 11 is 11.3. The molecular formula is C13H8Cl2F3NO2S. The van der Waals surface area contributed by atoms with Gasteiger partial charge in [-0.2, -0.15) is 13.2 Å². The zero-order chi connectivity index (χ0) is 16.7. The molecule has 118 valence electrons. The summed E-state index contributed by atoms with van der Waals surface area (Å²) in [4.78, 5) is 2.07. The molecule has 1 aromatic heterocycles. The first kappa shape index (κ1) is 17.1.